The van der Waals surface area contributed by atoms with E-state index in [4.69, 9.17) is 9.47 Å². The minimum atomic E-state index is -0.945. The predicted molar refractivity (Wildman–Crippen MR) is 104 cm³/mol. The SMILES string of the molecule is COc1cccc(CN2CCC3(CC2)C[C@](C)(O)[C@@H](NC(=O)C2CC2)CO3)n1. The van der Waals surface area contributed by atoms with E-state index in [1.54, 1.807) is 7.11 Å². The molecule has 2 N–H and O–H groups in total. The number of aromatic nitrogens is 1. The fourth-order valence-electron chi connectivity index (χ4n) is 4.43. The Hall–Kier alpha value is -1.70. The summed E-state index contributed by atoms with van der Waals surface area (Å²) in [4.78, 5) is 19.0. The zero-order chi connectivity index (χ0) is 19.8. The summed E-state index contributed by atoms with van der Waals surface area (Å²) in [6.07, 6.45) is 4.22. The molecule has 7 nitrogen and oxygen atoms in total. The maximum Gasteiger partial charge on any atom is 0.223 e. The van der Waals surface area contributed by atoms with Gasteiger partial charge in [0.2, 0.25) is 11.8 Å². The first-order valence-electron chi connectivity index (χ1n) is 10.3. The van der Waals surface area contributed by atoms with Crippen molar-refractivity contribution in [2.75, 3.05) is 26.8 Å². The monoisotopic (exact) mass is 389 g/mol. The van der Waals surface area contributed by atoms with Gasteiger partial charge in [0.1, 0.15) is 0 Å². The predicted octanol–water partition coefficient (Wildman–Crippen LogP) is 1.49. The van der Waals surface area contributed by atoms with Gasteiger partial charge in [-0.15, -0.1) is 0 Å². The second kappa shape index (κ2) is 7.61. The summed E-state index contributed by atoms with van der Waals surface area (Å²) in [5, 5.41) is 14.0. The summed E-state index contributed by atoms with van der Waals surface area (Å²) < 4.78 is 11.5. The Balaban J connectivity index is 1.32. The molecule has 1 aliphatic carbocycles. The van der Waals surface area contributed by atoms with Crippen LogP contribution in [0.25, 0.3) is 0 Å². The second-order valence-corrected chi connectivity index (χ2v) is 8.81. The van der Waals surface area contributed by atoms with Gasteiger partial charge in [-0.3, -0.25) is 9.69 Å². The first-order valence-corrected chi connectivity index (χ1v) is 10.3. The largest absolute Gasteiger partial charge is 0.481 e. The number of aliphatic hydroxyl groups is 1. The van der Waals surface area contributed by atoms with Crippen molar-refractivity contribution in [1.29, 1.82) is 0 Å². The van der Waals surface area contributed by atoms with Crippen LogP contribution in [0.2, 0.25) is 0 Å². The van der Waals surface area contributed by atoms with Crippen LogP contribution in [0.1, 0.15) is 44.7 Å². The molecule has 1 aromatic rings. The summed E-state index contributed by atoms with van der Waals surface area (Å²) in [5.41, 5.74) is -0.253. The maximum atomic E-state index is 12.1. The van der Waals surface area contributed by atoms with Crippen molar-refractivity contribution in [3.8, 4) is 5.88 Å². The number of hydrogen-bond donors (Lipinski definition) is 2. The van der Waals surface area contributed by atoms with Crippen molar-refractivity contribution in [3.05, 3.63) is 23.9 Å². The molecule has 3 heterocycles. The Labute approximate surface area is 166 Å². The highest BCUT2D eigenvalue weighted by Crippen LogP contribution is 2.40. The summed E-state index contributed by atoms with van der Waals surface area (Å²) in [6, 6.07) is 5.50. The van der Waals surface area contributed by atoms with Crippen LogP contribution in [0.3, 0.4) is 0 Å². The highest BCUT2D eigenvalue weighted by Gasteiger charge is 2.50. The molecule has 4 rings (SSSR count). The molecule has 0 bridgehead atoms. The van der Waals surface area contributed by atoms with Gasteiger partial charge in [0.25, 0.3) is 0 Å². The smallest absolute Gasteiger partial charge is 0.223 e. The maximum absolute atomic E-state index is 12.1. The van der Waals surface area contributed by atoms with E-state index in [0.717, 1.165) is 51.0 Å². The van der Waals surface area contributed by atoms with Gasteiger partial charge in [0, 0.05) is 38.0 Å². The molecular formula is C21H31N3O4. The molecule has 3 fully saturated rings. The summed E-state index contributed by atoms with van der Waals surface area (Å²) in [7, 11) is 1.63. The third-order valence-corrected chi connectivity index (χ3v) is 6.39. The third-order valence-electron chi connectivity index (χ3n) is 6.39. The average molecular weight is 389 g/mol. The van der Waals surface area contributed by atoms with E-state index < -0.39 is 5.60 Å². The molecule has 28 heavy (non-hydrogen) atoms. The molecule has 0 unspecified atom stereocenters. The first-order chi connectivity index (χ1) is 13.4. The number of methoxy groups -OCH3 is 1. The summed E-state index contributed by atoms with van der Waals surface area (Å²) in [6.45, 7) is 4.79. The zero-order valence-electron chi connectivity index (χ0n) is 16.8. The van der Waals surface area contributed by atoms with Crippen LogP contribution in [0, 0.1) is 5.92 Å². The Bertz CT molecular complexity index is 711. The number of hydrogen-bond acceptors (Lipinski definition) is 6. The number of ether oxygens (including phenoxy) is 2. The number of carbonyl (C=O) groups is 1. The lowest BCUT2D eigenvalue weighted by Crippen LogP contribution is -2.64. The van der Waals surface area contributed by atoms with Crippen LogP contribution in [0.5, 0.6) is 5.88 Å². The fourth-order valence-corrected chi connectivity index (χ4v) is 4.43. The first kappa shape index (κ1) is 19.6. The van der Waals surface area contributed by atoms with E-state index in [9.17, 15) is 9.90 Å². The lowest BCUT2D eigenvalue weighted by atomic mass is 9.75. The number of carbonyl (C=O) groups excluding carboxylic acids is 1. The van der Waals surface area contributed by atoms with E-state index in [-0.39, 0.29) is 23.5 Å². The molecular weight excluding hydrogens is 358 g/mol. The lowest BCUT2D eigenvalue weighted by molar-refractivity contribution is -0.189. The number of rotatable bonds is 5. The number of pyridine rings is 1. The van der Waals surface area contributed by atoms with Gasteiger partial charge in [-0.25, -0.2) is 4.98 Å². The molecule has 7 heteroatoms. The van der Waals surface area contributed by atoms with Crippen molar-refractivity contribution in [2.45, 2.75) is 62.8 Å². The minimum absolute atomic E-state index is 0.0606. The topological polar surface area (TPSA) is 83.9 Å². The van der Waals surface area contributed by atoms with Gasteiger partial charge < -0.3 is 19.9 Å². The minimum Gasteiger partial charge on any atom is -0.481 e. The van der Waals surface area contributed by atoms with Crippen LogP contribution in [-0.2, 0) is 16.1 Å². The highest BCUT2D eigenvalue weighted by atomic mass is 16.5. The Morgan fingerprint density at radius 3 is 2.79 bits per heavy atom. The average Bonchev–Trinajstić information content (AvgIpc) is 3.51. The van der Waals surface area contributed by atoms with E-state index in [1.165, 1.54) is 0 Å². The van der Waals surface area contributed by atoms with Gasteiger partial charge in [0.05, 0.1) is 36.7 Å². The van der Waals surface area contributed by atoms with Crippen LogP contribution >= 0.6 is 0 Å². The van der Waals surface area contributed by atoms with Crippen molar-refractivity contribution >= 4 is 5.91 Å². The Morgan fingerprint density at radius 2 is 2.14 bits per heavy atom. The molecule has 3 aliphatic rings. The zero-order valence-corrected chi connectivity index (χ0v) is 16.8. The van der Waals surface area contributed by atoms with Gasteiger partial charge in [0.15, 0.2) is 0 Å². The quantitative estimate of drug-likeness (QED) is 0.794. The van der Waals surface area contributed by atoms with Crippen molar-refractivity contribution in [3.63, 3.8) is 0 Å². The van der Waals surface area contributed by atoms with Crippen molar-refractivity contribution in [2.24, 2.45) is 5.92 Å². The van der Waals surface area contributed by atoms with Crippen molar-refractivity contribution in [1.82, 2.24) is 15.2 Å². The molecule has 0 aromatic carbocycles. The normalized spacial score (nSPS) is 30.2. The lowest BCUT2D eigenvalue weighted by Gasteiger charge is -2.51. The van der Waals surface area contributed by atoms with E-state index in [0.29, 0.717) is 18.9 Å². The molecule has 1 aromatic heterocycles. The van der Waals surface area contributed by atoms with Gasteiger partial charge in [-0.1, -0.05) is 6.07 Å². The number of amides is 1. The van der Waals surface area contributed by atoms with Crippen LogP contribution in [0.4, 0.5) is 0 Å². The molecule has 2 aliphatic heterocycles. The van der Waals surface area contributed by atoms with Gasteiger partial charge in [-0.2, -0.15) is 0 Å². The summed E-state index contributed by atoms with van der Waals surface area (Å²) in [5.74, 6) is 0.836. The molecule has 1 amide bonds. The van der Waals surface area contributed by atoms with Crippen LogP contribution in [-0.4, -0.2) is 64.9 Å². The van der Waals surface area contributed by atoms with Crippen molar-refractivity contribution < 1.29 is 19.4 Å². The van der Waals surface area contributed by atoms with E-state index in [2.05, 4.69) is 15.2 Å². The molecule has 1 spiro atoms. The molecule has 0 radical (unpaired) electrons. The number of likely N-dealkylation sites (tertiary alicyclic amines) is 1. The second-order valence-electron chi connectivity index (χ2n) is 8.81. The Morgan fingerprint density at radius 1 is 1.39 bits per heavy atom. The van der Waals surface area contributed by atoms with E-state index in [1.807, 2.05) is 25.1 Å². The van der Waals surface area contributed by atoms with Gasteiger partial charge in [-0.05, 0) is 38.7 Å². The molecule has 2 atom stereocenters. The van der Waals surface area contributed by atoms with Crippen LogP contribution < -0.4 is 10.1 Å². The number of piperidine rings is 1. The highest BCUT2D eigenvalue weighted by molar-refractivity contribution is 5.81. The van der Waals surface area contributed by atoms with Gasteiger partial charge >= 0.3 is 0 Å². The molecule has 154 valence electrons. The molecule has 2 saturated heterocycles. The Kier molecular flexibility index (Phi) is 5.33. The summed E-state index contributed by atoms with van der Waals surface area (Å²) >= 11 is 0. The number of nitrogens with zero attached hydrogens (tertiary/aromatic N) is 2. The van der Waals surface area contributed by atoms with E-state index >= 15 is 0 Å². The standard InChI is InChI=1S/C21H31N3O4/c1-20(26)14-21(28-13-17(20)23-19(25)15-6-7-15)8-10-24(11-9-21)12-16-4-3-5-18(22-16)27-2/h3-5,15,17,26H,6-14H2,1-2H3,(H,23,25)/t17-,20-/m0/s1. The molecule has 1 saturated carbocycles. The fraction of sp³-hybridized carbons (Fsp3) is 0.714. The number of nitrogens with one attached hydrogen (secondary N) is 1. The van der Waals surface area contributed by atoms with Crippen LogP contribution in [0.15, 0.2) is 18.2 Å². The third kappa shape index (κ3) is 4.31.